The van der Waals surface area contributed by atoms with Gasteiger partial charge in [-0.15, -0.1) is 23.1 Å². The fraction of sp³-hybridized carbons (Fsp3) is 0.286. The minimum Gasteiger partial charge on any atom is -0.465 e. The molecule has 0 saturated carbocycles. The number of carbonyl (C=O) groups is 1. The maximum absolute atomic E-state index is 11.0. The number of carboxylic acid groups (broad SMARTS) is 1. The number of amides is 1. The smallest absolute Gasteiger partial charge is 0.407 e. The van der Waals surface area contributed by atoms with Gasteiger partial charge in [-0.25, -0.2) is 9.78 Å². The van der Waals surface area contributed by atoms with Gasteiger partial charge in [0, 0.05) is 28.3 Å². The third-order valence-corrected chi connectivity index (χ3v) is 5.29. The Hall–Kier alpha value is -1.53. The Morgan fingerprint density at radius 2 is 2.15 bits per heavy atom. The summed E-state index contributed by atoms with van der Waals surface area (Å²) in [6, 6.07) is 8.32. The van der Waals surface area contributed by atoms with E-state index in [-0.39, 0.29) is 0 Å². The molecule has 0 fully saturated rings. The minimum atomic E-state index is -0.866. The zero-order valence-electron chi connectivity index (χ0n) is 11.0. The Bertz CT molecular complexity index is 637. The molecule has 1 aromatic heterocycles. The second kappa shape index (κ2) is 5.46. The van der Waals surface area contributed by atoms with Crippen molar-refractivity contribution in [3.8, 4) is 10.6 Å². The van der Waals surface area contributed by atoms with E-state index in [0.29, 0.717) is 13.1 Å². The summed E-state index contributed by atoms with van der Waals surface area (Å²) in [6.45, 7) is 0.972. The number of nitrogens with zero attached hydrogens (tertiary/aromatic N) is 2. The molecular formula is C14H14N2O2S2. The lowest BCUT2D eigenvalue weighted by Crippen LogP contribution is -2.34. The van der Waals surface area contributed by atoms with Crippen molar-refractivity contribution in [1.29, 1.82) is 0 Å². The molecular weight excluding hydrogens is 292 g/mol. The number of rotatable bonds is 2. The number of hydrogen-bond donors (Lipinski definition) is 1. The van der Waals surface area contributed by atoms with E-state index in [9.17, 15) is 4.79 Å². The lowest BCUT2D eigenvalue weighted by molar-refractivity contribution is 0.139. The predicted molar refractivity (Wildman–Crippen MR) is 81.5 cm³/mol. The Kier molecular flexibility index (Phi) is 3.67. The first-order valence-electron chi connectivity index (χ1n) is 6.28. The van der Waals surface area contributed by atoms with Gasteiger partial charge in [0.05, 0.1) is 12.2 Å². The zero-order chi connectivity index (χ0) is 14.1. The lowest BCUT2D eigenvalue weighted by atomic mass is 10.2. The van der Waals surface area contributed by atoms with Gasteiger partial charge in [-0.2, -0.15) is 0 Å². The third-order valence-electron chi connectivity index (χ3n) is 3.34. The van der Waals surface area contributed by atoms with Gasteiger partial charge in [0.15, 0.2) is 0 Å². The van der Waals surface area contributed by atoms with Gasteiger partial charge in [0.1, 0.15) is 5.01 Å². The van der Waals surface area contributed by atoms with E-state index in [0.717, 1.165) is 22.7 Å². The number of fused-ring (bicyclic) bond motifs is 1. The zero-order valence-corrected chi connectivity index (χ0v) is 12.6. The van der Waals surface area contributed by atoms with Gasteiger partial charge in [-0.05, 0) is 18.4 Å². The van der Waals surface area contributed by atoms with Crippen LogP contribution in [-0.2, 0) is 13.0 Å². The number of hydrogen-bond acceptors (Lipinski definition) is 4. The van der Waals surface area contributed by atoms with E-state index in [2.05, 4.69) is 35.5 Å². The van der Waals surface area contributed by atoms with Crippen LogP contribution in [0.15, 0.2) is 29.2 Å². The van der Waals surface area contributed by atoms with E-state index >= 15 is 0 Å². The molecule has 2 heterocycles. The molecule has 20 heavy (non-hydrogen) atoms. The van der Waals surface area contributed by atoms with Crippen LogP contribution in [0.1, 0.15) is 10.6 Å². The summed E-state index contributed by atoms with van der Waals surface area (Å²) < 4.78 is 0. The van der Waals surface area contributed by atoms with E-state index in [4.69, 9.17) is 5.11 Å². The van der Waals surface area contributed by atoms with Crippen LogP contribution in [0.3, 0.4) is 0 Å². The summed E-state index contributed by atoms with van der Waals surface area (Å²) in [4.78, 5) is 19.5. The van der Waals surface area contributed by atoms with E-state index in [1.165, 1.54) is 14.7 Å². The maximum atomic E-state index is 11.0. The van der Waals surface area contributed by atoms with Crippen LogP contribution in [0.25, 0.3) is 10.6 Å². The molecule has 0 saturated heterocycles. The normalized spacial score (nSPS) is 14.2. The third kappa shape index (κ3) is 2.53. The maximum Gasteiger partial charge on any atom is 0.407 e. The van der Waals surface area contributed by atoms with E-state index < -0.39 is 6.09 Å². The molecule has 0 radical (unpaired) electrons. The molecule has 1 aliphatic heterocycles. The monoisotopic (exact) mass is 306 g/mol. The van der Waals surface area contributed by atoms with E-state index in [1.807, 2.05) is 0 Å². The van der Waals surface area contributed by atoms with Crippen molar-refractivity contribution in [3.63, 3.8) is 0 Å². The van der Waals surface area contributed by atoms with Gasteiger partial charge < -0.3 is 10.0 Å². The van der Waals surface area contributed by atoms with E-state index in [1.54, 1.807) is 23.1 Å². The van der Waals surface area contributed by atoms with Crippen molar-refractivity contribution < 1.29 is 9.90 Å². The van der Waals surface area contributed by atoms with Crippen LogP contribution in [0.2, 0.25) is 0 Å². The molecule has 3 rings (SSSR count). The van der Waals surface area contributed by atoms with Crippen molar-refractivity contribution in [2.45, 2.75) is 17.9 Å². The summed E-state index contributed by atoms with van der Waals surface area (Å²) in [6.07, 6.45) is 1.95. The second-order valence-corrected chi connectivity index (χ2v) is 6.53. The lowest BCUT2D eigenvalue weighted by Gasteiger charge is -2.22. The van der Waals surface area contributed by atoms with Crippen molar-refractivity contribution >= 4 is 29.2 Å². The minimum absolute atomic E-state index is 0.407. The number of aromatic nitrogens is 1. The molecule has 104 valence electrons. The van der Waals surface area contributed by atoms with Crippen LogP contribution in [0, 0.1) is 0 Å². The Morgan fingerprint density at radius 3 is 2.80 bits per heavy atom. The van der Waals surface area contributed by atoms with Crippen molar-refractivity contribution in [2.75, 3.05) is 12.8 Å². The largest absolute Gasteiger partial charge is 0.465 e. The fourth-order valence-electron chi connectivity index (χ4n) is 2.22. The Labute approximate surface area is 125 Å². The van der Waals surface area contributed by atoms with Gasteiger partial charge in [-0.1, -0.05) is 12.1 Å². The summed E-state index contributed by atoms with van der Waals surface area (Å²) in [5.74, 6) is 0. The number of benzene rings is 1. The number of thioether (sulfide) groups is 1. The van der Waals surface area contributed by atoms with Gasteiger partial charge in [-0.3, -0.25) is 0 Å². The molecule has 4 nitrogen and oxygen atoms in total. The van der Waals surface area contributed by atoms with Gasteiger partial charge >= 0.3 is 6.09 Å². The summed E-state index contributed by atoms with van der Waals surface area (Å²) >= 11 is 3.39. The molecule has 1 amide bonds. The average molecular weight is 306 g/mol. The molecule has 2 aromatic rings. The summed E-state index contributed by atoms with van der Waals surface area (Å²) in [7, 11) is 0. The summed E-state index contributed by atoms with van der Waals surface area (Å²) in [5, 5.41) is 10.0. The predicted octanol–water partition coefficient (Wildman–Crippen LogP) is 3.57. The topological polar surface area (TPSA) is 53.4 Å². The van der Waals surface area contributed by atoms with Crippen molar-refractivity contribution in [2.24, 2.45) is 0 Å². The van der Waals surface area contributed by atoms with Gasteiger partial charge in [0.25, 0.3) is 0 Å². The molecule has 0 aliphatic carbocycles. The molecule has 1 aromatic carbocycles. The van der Waals surface area contributed by atoms with Gasteiger partial charge in [0.2, 0.25) is 0 Å². The highest BCUT2D eigenvalue weighted by Gasteiger charge is 2.23. The average Bonchev–Trinajstić information content (AvgIpc) is 2.90. The standard InChI is InChI=1S/C14H14N2O2S2/c1-19-10-4-2-9(3-5-10)13-15-11-8-16(14(17)18)7-6-12(11)20-13/h2-5H,6-8H2,1H3,(H,17,18). The molecule has 0 atom stereocenters. The first kappa shape index (κ1) is 13.5. The fourth-order valence-corrected chi connectivity index (χ4v) is 3.69. The van der Waals surface area contributed by atoms with Crippen LogP contribution < -0.4 is 0 Å². The molecule has 1 aliphatic rings. The highest BCUT2D eigenvalue weighted by Crippen LogP contribution is 2.32. The molecule has 0 bridgehead atoms. The van der Waals surface area contributed by atoms with Crippen LogP contribution >= 0.6 is 23.1 Å². The highest BCUT2D eigenvalue weighted by molar-refractivity contribution is 7.98. The van der Waals surface area contributed by atoms with Crippen LogP contribution in [-0.4, -0.2) is 33.9 Å². The van der Waals surface area contributed by atoms with Crippen molar-refractivity contribution in [3.05, 3.63) is 34.8 Å². The second-order valence-electron chi connectivity index (χ2n) is 4.57. The number of thiazole rings is 1. The van der Waals surface area contributed by atoms with Crippen LogP contribution in [0.5, 0.6) is 0 Å². The molecule has 6 heteroatoms. The Morgan fingerprint density at radius 1 is 1.40 bits per heavy atom. The Balaban J connectivity index is 1.87. The molecule has 0 spiro atoms. The first-order valence-corrected chi connectivity index (χ1v) is 8.32. The molecule has 1 N–H and O–H groups in total. The van der Waals surface area contributed by atoms with Crippen molar-refractivity contribution in [1.82, 2.24) is 9.88 Å². The van der Waals surface area contributed by atoms with Crippen LogP contribution in [0.4, 0.5) is 4.79 Å². The SMILES string of the molecule is CSc1ccc(-c2nc3c(s2)CCN(C(=O)O)C3)cc1. The first-order chi connectivity index (χ1) is 9.67. The molecule has 0 unspecified atom stereocenters. The quantitative estimate of drug-likeness (QED) is 0.862. The summed E-state index contributed by atoms with van der Waals surface area (Å²) in [5.41, 5.74) is 2.01. The highest BCUT2D eigenvalue weighted by atomic mass is 32.2.